The minimum absolute atomic E-state index is 0.142. The number of benzene rings is 1. The summed E-state index contributed by atoms with van der Waals surface area (Å²) in [5, 5.41) is 3.17. The first kappa shape index (κ1) is 14.7. The zero-order valence-electron chi connectivity index (χ0n) is 12.7. The van der Waals surface area contributed by atoms with Gasteiger partial charge in [-0.3, -0.25) is 4.79 Å². The molecular weight excluding hydrogens is 254 g/mol. The van der Waals surface area contributed by atoms with Gasteiger partial charge in [0.05, 0.1) is 14.2 Å². The highest BCUT2D eigenvalue weighted by atomic mass is 16.5. The van der Waals surface area contributed by atoms with Crippen LogP contribution in [0.3, 0.4) is 0 Å². The quantitative estimate of drug-likeness (QED) is 0.899. The van der Waals surface area contributed by atoms with Crippen molar-refractivity contribution < 1.29 is 14.3 Å². The third kappa shape index (κ3) is 2.74. The van der Waals surface area contributed by atoms with Gasteiger partial charge in [-0.2, -0.15) is 0 Å². The average Bonchev–Trinajstić information content (AvgIpc) is 2.81. The number of methoxy groups -OCH3 is 2. The predicted octanol–water partition coefficient (Wildman–Crippen LogP) is 2.55. The smallest absolute Gasteiger partial charge is 0.220 e. The molecule has 2 rings (SSSR count). The number of nitrogens with one attached hydrogen (secondary N) is 1. The van der Waals surface area contributed by atoms with Crippen molar-refractivity contribution in [1.29, 1.82) is 0 Å². The second kappa shape index (κ2) is 5.73. The molecule has 1 aromatic rings. The highest BCUT2D eigenvalue weighted by Crippen LogP contribution is 2.34. The Kier molecular flexibility index (Phi) is 4.21. The molecule has 0 spiro atoms. The summed E-state index contributed by atoms with van der Waals surface area (Å²) in [6.45, 7) is 4.32. The molecule has 1 aliphatic heterocycles. The lowest BCUT2D eigenvalue weighted by molar-refractivity contribution is -0.120. The molecule has 1 fully saturated rings. The molecule has 0 aliphatic carbocycles. The van der Waals surface area contributed by atoms with Gasteiger partial charge in [0.1, 0.15) is 0 Å². The van der Waals surface area contributed by atoms with E-state index < -0.39 is 0 Å². The SMILES string of the molecule is COc1ccc(CC2(C(C)C)CCC(=O)N2)cc1OC. The Morgan fingerprint density at radius 2 is 1.95 bits per heavy atom. The van der Waals surface area contributed by atoms with E-state index in [2.05, 4.69) is 19.2 Å². The number of hydrogen-bond acceptors (Lipinski definition) is 3. The Labute approximate surface area is 120 Å². The van der Waals surface area contributed by atoms with E-state index >= 15 is 0 Å². The van der Waals surface area contributed by atoms with Crippen LogP contribution < -0.4 is 14.8 Å². The van der Waals surface area contributed by atoms with Crippen LogP contribution in [0.4, 0.5) is 0 Å². The van der Waals surface area contributed by atoms with E-state index in [0.717, 1.165) is 29.9 Å². The van der Waals surface area contributed by atoms with Gasteiger partial charge in [0, 0.05) is 12.0 Å². The molecule has 0 bridgehead atoms. The lowest BCUT2D eigenvalue weighted by atomic mass is 9.80. The van der Waals surface area contributed by atoms with E-state index in [4.69, 9.17) is 9.47 Å². The zero-order chi connectivity index (χ0) is 14.8. The zero-order valence-corrected chi connectivity index (χ0v) is 12.7. The molecule has 110 valence electrons. The van der Waals surface area contributed by atoms with E-state index in [0.29, 0.717) is 12.3 Å². The minimum Gasteiger partial charge on any atom is -0.493 e. The lowest BCUT2D eigenvalue weighted by Crippen LogP contribution is -2.48. The van der Waals surface area contributed by atoms with Crippen molar-refractivity contribution >= 4 is 5.91 Å². The molecule has 0 saturated carbocycles. The van der Waals surface area contributed by atoms with Crippen LogP contribution >= 0.6 is 0 Å². The van der Waals surface area contributed by atoms with Crippen LogP contribution in [0.25, 0.3) is 0 Å². The van der Waals surface area contributed by atoms with Gasteiger partial charge in [-0.25, -0.2) is 0 Å². The molecule has 1 N–H and O–H groups in total. The van der Waals surface area contributed by atoms with E-state index in [1.807, 2.05) is 18.2 Å². The first-order valence-corrected chi connectivity index (χ1v) is 7.02. The van der Waals surface area contributed by atoms with E-state index in [-0.39, 0.29) is 11.4 Å². The summed E-state index contributed by atoms with van der Waals surface area (Å²) >= 11 is 0. The maximum absolute atomic E-state index is 11.6. The predicted molar refractivity (Wildman–Crippen MR) is 78.2 cm³/mol. The standard InChI is InChI=1S/C16H23NO3/c1-11(2)16(8-7-15(18)17-16)10-12-5-6-13(19-3)14(9-12)20-4/h5-6,9,11H,7-8,10H2,1-4H3,(H,17,18). The number of carbonyl (C=O) groups is 1. The second-order valence-corrected chi connectivity index (χ2v) is 5.73. The van der Waals surface area contributed by atoms with E-state index in [9.17, 15) is 4.79 Å². The van der Waals surface area contributed by atoms with Crippen molar-refractivity contribution in [2.45, 2.75) is 38.6 Å². The molecule has 1 atom stereocenters. The second-order valence-electron chi connectivity index (χ2n) is 5.73. The Bertz CT molecular complexity index is 498. The number of carbonyl (C=O) groups excluding carboxylic acids is 1. The van der Waals surface area contributed by atoms with Crippen molar-refractivity contribution in [3.05, 3.63) is 23.8 Å². The Hall–Kier alpha value is -1.71. The highest BCUT2D eigenvalue weighted by Gasteiger charge is 2.40. The summed E-state index contributed by atoms with van der Waals surface area (Å²) in [6, 6.07) is 5.95. The number of ether oxygens (including phenoxy) is 2. The molecule has 0 radical (unpaired) electrons. The van der Waals surface area contributed by atoms with E-state index in [1.165, 1.54) is 0 Å². The van der Waals surface area contributed by atoms with E-state index in [1.54, 1.807) is 14.2 Å². The number of rotatable bonds is 5. The molecule has 1 unspecified atom stereocenters. The maximum atomic E-state index is 11.6. The van der Waals surface area contributed by atoms with Crippen LogP contribution in [0.5, 0.6) is 11.5 Å². The average molecular weight is 277 g/mol. The molecule has 1 aromatic carbocycles. The first-order valence-electron chi connectivity index (χ1n) is 7.02. The molecule has 0 aromatic heterocycles. The molecule has 1 saturated heterocycles. The lowest BCUT2D eigenvalue weighted by Gasteiger charge is -2.33. The fourth-order valence-corrected chi connectivity index (χ4v) is 2.86. The highest BCUT2D eigenvalue weighted by molar-refractivity contribution is 5.79. The summed E-state index contributed by atoms with van der Waals surface area (Å²) in [5.41, 5.74) is 1.01. The number of hydrogen-bond donors (Lipinski definition) is 1. The van der Waals surface area contributed by atoms with Crippen molar-refractivity contribution in [1.82, 2.24) is 5.32 Å². The molecule has 4 nitrogen and oxygen atoms in total. The van der Waals surface area contributed by atoms with Crippen LogP contribution in [-0.4, -0.2) is 25.7 Å². The fraction of sp³-hybridized carbons (Fsp3) is 0.562. The van der Waals surface area contributed by atoms with Gasteiger partial charge in [-0.15, -0.1) is 0 Å². The molecular formula is C16H23NO3. The summed E-state index contributed by atoms with van der Waals surface area (Å²) in [7, 11) is 3.27. The first-order chi connectivity index (χ1) is 9.50. The Morgan fingerprint density at radius 1 is 1.25 bits per heavy atom. The van der Waals surface area contributed by atoms with Crippen LogP contribution in [0.2, 0.25) is 0 Å². The summed E-state index contributed by atoms with van der Waals surface area (Å²) in [5.74, 6) is 2.00. The van der Waals surface area contributed by atoms with Crippen LogP contribution in [0, 0.1) is 5.92 Å². The van der Waals surface area contributed by atoms with Crippen molar-refractivity contribution in [3.8, 4) is 11.5 Å². The van der Waals surface area contributed by atoms with Gasteiger partial charge < -0.3 is 14.8 Å². The normalized spacial score (nSPS) is 21.9. The molecule has 1 amide bonds. The third-order valence-electron chi connectivity index (χ3n) is 4.26. The minimum atomic E-state index is -0.142. The van der Waals surface area contributed by atoms with Gasteiger partial charge in [-0.05, 0) is 36.5 Å². The van der Waals surface area contributed by atoms with Crippen molar-refractivity contribution in [3.63, 3.8) is 0 Å². The van der Waals surface area contributed by atoms with Gasteiger partial charge >= 0.3 is 0 Å². The van der Waals surface area contributed by atoms with Crippen molar-refractivity contribution in [2.75, 3.05) is 14.2 Å². The molecule has 1 aliphatic rings. The third-order valence-corrected chi connectivity index (χ3v) is 4.26. The van der Waals surface area contributed by atoms with Gasteiger partial charge in [0.15, 0.2) is 11.5 Å². The topological polar surface area (TPSA) is 47.6 Å². The van der Waals surface area contributed by atoms with Gasteiger partial charge in [-0.1, -0.05) is 19.9 Å². The monoisotopic (exact) mass is 277 g/mol. The largest absolute Gasteiger partial charge is 0.493 e. The van der Waals surface area contributed by atoms with Crippen LogP contribution in [-0.2, 0) is 11.2 Å². The van der Waals surface area contributed by atoms with Crippen LogP contribution in [0.15, 0.2) is 18.2 Å². The van der Waals surface area contributed by atoms with Crippen molar-refractivity contribution in [2.24, 2.45) is 5.92 Å². The van der Waals surface area contributed by atoms with Gasteiger partial charge in [0.25, 0.3) is 0 Å². The summed E-state index contributed by atoms with van der Waals surface area (Å²) in [6.07, 6.45) is 2.32. The summed E-state index contributed by atoms with van der Waals surface area (Å²) < 4.78 is 10.6. The van der Waals surface area contributed by atoms with Crippen LogP contribution in [0.1, 0.15) is 32.3 Å². The molecule has 1 heterocycles. The Morgan fingerprint density at radius 3 is 2.45 bits per heavy atom. The molecule has 20 heavy (non-hydrogen) atoms. The summed E-state index contributed by atoms with van der Waals surface area (Å²) in [4.78, 5) is 11.6. The maximum Gasteiger partial charge on any atom is 0.220 e. The number of amides is 1. The van der Waals surface area contributed by atoms with Gasteiger partial charge in [0.2, 0.25) is 5.91 Å². The Balaban J connectivity index is 2.26. The molecule has 4 heteroatoms. The fourth-order valence-electron chi connectivity index (χ4n) is 2.86.